The van der Waals surface area contributed by atoms with Crippen LogP contribution in [-0.4, -0.2) is 30.8 Å². The van der Waals surface area contributed by atoms with Crippen LogP contribution in [-0.2, 0) is 14.3 Å². The van der Waals surface area contributed by atoms with Crippen LogP contribution in [0.25, 0.3) is 0 Å². The van der Waals surface area contributed by atoms with Gasteiger partial charge >= 0.3 is 0 Å². The molecule has 2 N–H and O–H groups in total. The first-order chi connectivity index (χ1) is 5.17. The van der Waals surface area contributed by atoms with Crippen LogP contribution in [0.15, 0.2) is 12.2 Å². The Kier molecular flexibility index (Phi) is 1.89. The fourth-order valence-electron chi connectivity index (χ4n) is 1.03. The zero-order chi connectivity index (χ0) is 8.48. The summed E-state index contributed by atoms with van der Waals surface area (Å²) in [6.07, 6.45) is 2.39. The third kappa shape index (κ3) is 0.911. The minimum Gasteiger partial charge on any atom is -0.361 e. The summed E-state index contributed by atoms with van der Waals surface area (Å²) in [7, 11) is 1.30. The summed E-state index contributed by atoms with van der Waals surface area (Å²) in [6.45, 7) is -0.103. The monoisotopic (exact) mass is 155 g/mol. The van der Waals surface area contributed by atoms with Gasteiger partial charge in [0.2, 0.25) is 5.60 Å². The fraction of sp³-hybridized carbons (Fsp3) is 0.429. The molecule has 0 aromatic rings. The molecular formula is C7H9NO3. The number of hydrogen-bond acceptors (Lipinski definition) is 4. The van der Waals surface area contributed by atoms with Crippen LogP contribution in [0.2, 0.25) is 0 Å². The quantitative estimate of drug-likeness (QED) is 0.521. The van der Waals surface area contributed by atoms with E-state index in [0.29, 0.717) is 0 Å². The van der Waals surface area contributed by atoms with Crippen molar-refractivity contribution in [3.05, 3.63) is 12.2 Å². The Bertz CT molecular complexity index is 208. The molecule has 0 bridgehead atoms. The zero-order valence-electron chi connectivity index (χ0n) is 6.16. The van der Waals surface area contributed by atoms with E-state index in [9.17, 15) is 9.59 Å². The van der Waals surface area contributed by atoms with Crippen molar-refractivity contribution in [2.24, 2.45) is 5.73 Å². The molecular weight excluding hydrogens is 146 g/mol. The van der Waals surface area contributed by atoms with Gasteiger partial charge in [0.05, 0.1) is 0 Å². The highest BCUT2D eigenvalue weighted by atomic mass is 16.5. The second-order valence-electron chi connectivity index (χ2n) is 2.30. The molecule has 0 radical (unpaired) electrons. The van der Waals surface area contributed by atoms with Gasteiger partial charge in [-0.3, -0.25) is 9.59 Å². The van der Waals surface area contributed by atoms with Crippen LogP contribution < -0.4 is 5.73 Å². The van der Waals surface area contributed by atoms with E-state index in [2.05, 4.69) is 0 Å². The first kappa shape index (κ1) is 8.10. The highest BCUT2D eigenvalue weighted by Crippen LogP contribution is 2.18. The third-order valence-electron chi connectivity index (χ3n) is 1.82. The van der Waals surface area contributed by atoms with E-state index in [1.807, 2.05) is 0 Å². The number of methoxy groups -OCH3 is 1. The minimum atomic E-state index is -1.42. The summed E-state index contributed by atoms with van der Waals surface area (Å²) in [5, 5.41) is 0. The van der Waals surface area contributed by atoms with Gasteiger partial charge in [-0.1, -0.05) is 0 Å². The van der Waals surface area contributed by atoms with Crippen molar-refractivity contribution in [1.82, 2.24) is 0 Å². The summed E-state index contributed by atoms with van der Waals surface area (Å²) >= 11 is 0. The molecule has 4 nitrogen and oxygen atoms in total. The lowest BCUT2D eigenvalue weighted by Crippen LogP contribution is -2.50. The number of ketones is 2. The van der Waals surface area contributed by atoms with Gasteiger partial charge in [0.25, 0.3) is 0 Å². The Balaban J connectivity index is 3.00. The van der Waals surface area contributed by atoms with Crippen LogP contribution in [0.5, 0.6) is 0 Å². The van der Waals surface area contributed by atoms with Crippen molar-refractivity contribution in [1.29, 1.82) is 0 Å². The molecule has 0 spiro atoms. The molecule has 4 heteroatoms. The largest absolute Gasteiger partial charge is 0.361 e. The molecule has 11 heavy (non-hydrogen) atoms. The minimum absolute atomic E-state index is 0.103. The Morgan fingerprint density at radius 2 is 1.91 bits per heavy atom. The molecule has 0 saturated carbocycles. The third-order valence-corrected chi connectivity index (χ3v) is 1.82. The summed E-state index contributed by atoms with van der Waals surface area (Å²) in [6, 6.07) is 0. The van der Waals surface area contributed by atoms with Crippen molar-refractivity contribution in [3.63, 3.8) is 0 Å². The number of carbonyl (C=O) groups is 2. The summed E-state index contributed by atoms with van der Waals surface area (Å²) in [5.41, 5.74) is 3.84. The number of ether oxygens (including phenoxy) is 1. The molecule has 0 aromatic carbocycles. The van der Waals surface area contributed by atoms with Crippen molar-refractivity contribution < 1.29 is 14.3 Å². The van der Waals surface area contributed by atoms with E-state index in [1.54, 1.807) is 0 Å². The number of carbonyl (C=O) groups excluding carboxylic acids is 2. The molecule has 1 rings (SSSR count). The van der Waals surface area contributed by atoms with Gasteiger partial charge in [-0.15, -0.1) is 0 Å². The number of rotatable bonds is 2. The van der Waals surface area contributed by atoms with Gasteiger partial charge in [0.1, 0.15) is 0 Å². The topological polar surface area (TPSA) is 69.4 Å². The van der Waals surface area contributed by atoms with E-state index in [1.165, 1.54) is 19.3 Å². The second kappa shape index (κ2) is 2.56. The first-order valence-electron chi connectivity index (χ1n) is 3.19. The van der Waals surface area contributed by atoms with Gasteiger partial charge in [0.15, 0.2) is 11.6 Å². The summed E-state index contributed by atoms with van der Waals surface area (Å²) in [4.78, 5) is 22.1. The van der Waals surface area contributed by atoms with E-state index in [0.717, 1.165) is 0 Å². The van der Waals surface area contributed by atoms with E-state index in [-0.39, 0.29) is 18.1 Å². The van der Waals surface area contributed by atoms with Crippen LogP contribution in [0.4, 0.5) is 0 Å². The van der Waals surface area contributed by atoms with E-state index in [4.69, 9.17) is 10.5 Å². The molecule has 0 atom stereocenters. The highest BCUT2D eigenvalue weighted by Gasteiger charge is 2.45. The molecule has 60 valence electrons. The molecule has 0 aliphatic heterocycles. The van der Waals surface area contributed by atoms with Crippen LogP contribution in [0, 0.1) is 0 Å². The molecule has 1 aliphatic rings. The number of hydrogen-bond donors (Lipinski definition) is 1. The Hall–Kier alpha value is -1.00. The van der Waals surface area contributed by atoms with Crippen molar-refractivity contribution in [2.75, 3.05) is 13.7 Å². The second-order valence-corrected chi connectivity index (χ2v) is 2.30. The Labute approximate surface area is 64.0 Å². The Morgan fingerprint density at radius 3 is 2.09 bits per heavy atom. The average molecular weight is 155 g/mol. The van der Waals surface area contributed by atoms with Crippen molar-refractivity contribution >= 4 is 11.6 Å². The zero-order valence-corrected chi connectivity index (χ0v) is 6.16. The van der Waals surface area contributed by atoms with Crippen LogP contribution >= 0.6 is 0 Å². The standard InChI is InChI=1S/C7H9NO3/c1-11-7(4-8)5(9)2-3-6(7)10/h2-3H,4,8H2,1H3. The van der Waals surface area contributed by atoms with E-state index >= 15 is 0 Å². The van der Waals surface area contributed by atoms with Gasteiger partial charge in [-0.05, 0) is 12.2 Å². The molecule has 0 unspecified atom stereocenters. The highest BCUT2D eigenvalue weighted by molar-refractivity contribution is 6.25. The summed E-state index contributed by atoms with van der Waals surface area (Å²) < 4.78 is 4.79. The molecule has 0 aromatic heterocycles. The van der Waals surface area contributed by atoms with E-state index < -0.39 is 5.60 Å². The maximum absolute atomic E-state index is 11.1. The maximum Gasteiger partial charge on any atom is 0.204 e. The van der Waals surface area contributed by atoms with Crippen LogP contribution in [0.1, 0.15) is 0 Å². The SMILES string of the molecule is COC1(CN)C(=O)C=CC1=O. The lowest BCUT2D eigenvalue weighted by atomic mass is 9.99. The lowest BCUT2D eigenvalue weighted by Gasteiger charge is -2.21. The normalized spacial score (nSPS) is 21.3. The van der Waals surface area contributed by atoms with Gasteiger partial charge < -0.3 is 10.5 Å². The van der Waals surface area contributed by atoms with Crippen LogP contribution in [0.3, 0.4) is 0 Å². The van der Waals surface area contributed by atoms with Gasteiger partial charge in [0, 0.05) is 13.7 Å². The predicted octanol–water partition coefficient (Wildman–Crippen LogP) is -0.962. The van der Waals surface area contributed by atoms with Gasteiger partial charge in [-0.25, -0.2) is 0 Å². The first-order valence-corrected chi connectivity index (χ1v) is 3.19. The smallest absolute Gasteiger partial charge is 0.204 e. The lowest BCUT2D eigenvalue weighted by molar-refractivity contribution is -0.145. The molecule has 1 aliphatic carbocycles. The van der Waals surface area contributed by atoms with Crippen molar-refractivity contribution in [3.8, 4) is 0 Å². The summed E-state index contributed by atoms with van der Waals surface area (Å²) in [5.74, 6) is -0.736. The average Bonchev–Trinajstić information content (AvgIpc) is 2.29. The molecule has 0 heterocycles. The Morgan fingerprint density at radius 1 is 1.45 bits per heavy atom. The fourth-order valence-corrected chi connectivity index (χ4v) is 1.03. The molecule has 0 fully saturated rings. The molecule has 0 saturated heterocycles. The number of nitrogens with two attached hydrogens (primary N) is 1. The van der Waals surface area contributed by atoms with Crippen molar-refractivity contribution in [2.45, 2.75) is 5.60 Å². The predicted molar refractivity (Wildman–Crippen MR) is 37.9 cm³/mol. The maximum atomic E-state index is 11.1. The van der Waals surface area contributed by atoms with Gasteiger partial charge in [-0.2, -0.15) is 0 Å². The molecule has 0 amide bonds.